The van der Waals surface area contributed by atoms with Gasteiger partial charge in [-0.3, -0.25) is 4.79 Å². The summed E-state index contributed by atoms with van der Waals surface area (Å²) in [6.45, 7) is 4.17. The fourth-order valence-electron chi connectivity index (χ4n) is 4.28. The minimum absolute atomic E-state index is 0.256. The van der Waals surface area contributed by atoms with E-state index in [9.17, 15) is 4.79 Å². The Morgan fingerprint density at radius 3 is 2.49 bits per heavy atom. The lowest BCUT2D eigenvalue weighted by Crippen LogP contribution is -2.20. The van der Waals surface area contributed by atoms with Crippen molar-refractivity contribution in [3.05, 3.63) is 136 Å². The lowest BCUT2D eigenvalue weighted by molar-refractivity contribution is 0.282. The first kappa shape index (κ1) is 25.9. The van der Waals surface area contributed by atoms with Crippen molar-refractivity contribution in [2.45, 2.75) is 13.0 Å². The largest absolute Gasteiger partial charge is 0.493 e. The van der Waals surface area contributed by atoms with Crippen LogP contribution in [0.4, 0.5) is 0 Å². The van der Waals surface area contributed by atoms with Crippen LogP contribution < -0.4 is 15.0 Å². The molecule has 0 amide bonds. The molecule has 6 nitrogen and oxygen atoms in total. The fraction of sp³-hybridized carbons (Fsp3) is 0.0938. The molecule has 194 valence electrons. The van der Waals surface area contributed by atoms with Crippen LogP contribution in [0.2, 0.25) is 5.02 Å². The number of para-hydroxylation sites is 1. The normalized spacial score (nSPS) is 11.1. The zero-order valence-corrected chi connectivity index (χ0v) is 22.1. The first-order chi connectivity index (χ1) is 19.1. The second-order valence-corrected chi connectivity index (χ2v) is 9.17. The van der Waals surface area contributed by atoms with Crippen molar-refractivity contribution in [3.8, 4) is 22.9 Å². The van der Waals surface area contributed by atoms with Crippen molar-refractivity contribution in [3.63, 3.8) is 0 Å². The second-order valence-electron chi connectivity index (χ2n) is 8.76. The van der Waals surface area contributed by atoms with Crippen LogP contribution in [0.3, 0.4) is 0 Å². The van der Waals surface area contributed by atoms with Crippen molar-refractivity contribution in [2.24, 2.45) is 5.10 Å². The average molecular weight is 536 g/mol. The molecule has 5 aromatic rings. The summed E-state index contributed by atoms with van der Waals surface area (Å²) in [6.07, 6.45) is 3.96. The molecule has 7 heteroatoms. The van der Waals surface area contributed by atoms with Crippen LogP contribution >= 0.6 is 11.6 Å². The molecule has 0 saturated carbocycles. The Morgan fingerprint density at radius 1 is 0.974 bits per heavy atom. The van der Waals surface area contributed by atoms with Gasteiger partial charge in [0, 0.05) is 21.7 Å². The second kappa shape index (κ2) is 11.8. The van der Waals surface area contributed by atoms with Crippen LogP contribution in [0.1, 0.15) is 16.7 Å². The van der Waals surface area contributed by atoms with Gasteiger partial charge < -0.3 is 9.47 Å². The van der Waals surface area contributed by atoms with Crippen molar-refractivity contribution in [1.29, 1.82) is 0 Å². The highest BCUT2D eigenvalue weighted by atomic mass is 35.5. The number of fused-ring (bicyclic) bond motifs is 1. The number of rotatable bonds is 9. The molecule has 0 atom stereocenters. The highest BCUT2D eigenvalue weighted by Crippen LogP contribution is 2.34. The SMILES string of the molecule is C=CCc1cc(C=Nn2c(-c3ccccc3)nc3ccccc3c2=O)cc(OC)c1OCc1ccccc1Cl. The lowest BCUT2D eigenvalue weighted by Gasteiger charge is -2.16. The van der Waals surface area contributed by atoms with Crippen LogP contribution in [0.25, 0.3) is 22.3 Å². The van der Waals surface area contributed by atoms with Gasteiger partial charge in [0.25, 0.3) is 5.56 Å². The molecular formula is C32H26ClN3O3. The fourth-order valence-corrected chi connectivity index (χ4v) is 4.47. The third-order valence-electron chi connectivity index (χ3n) is 6.18. The van der Waals surface area contributed by atoms with Gasteiger partial charge in [0.1, 0.15) is 6.61 Å². The molecule has 0 aliphatic carbocycles. The Kier molecular flexibility index (Phi) is 7.85. The zero-order valence-electron chi connectivity index (χ0n) is 21.4. The van der Waals surface area contributed by atoms with Crippen molar-refractivity contribution < 1.29 is 9.47 Å². The molecule has 0 bridgehead atoms. The number of hydrogen-bond acceptors (Lipinski definition) is 5. The summed E-state index contributed by atoms with van der Waals surface area (Å²) in [6, 6.07) is 28.1. The highest BCUT2D eigenvalue weighted by Gasteiger charge is 2.15. The molecule has 0 unspecified atom stereocenters. The molecular weight excluding hydrogens is 510 g/mol. The Morgan fingerprint density at radius 2 is 1.72 bits per heavy atom. The van der Waals surface area contributed by atoms with Gasteiger partial charge in [0.2, 0.25) is 0 Å². The maximum Gasteiger partial charge on any atom is 0.282 e. The third kappa shape index (κ3) is 5.61. The van der Waals surface area contributed by atoms with Gasteiger partial charge in [-0.15, -0.1) is 6.58 Å². The van der Waals surface area contributed by atoms with E-state index in [1.54, 1.807) is 25.5 Å². The number of benzene rings is 4. The molecule has 0 saturated heterocycles. The Balaban J connectivity index is 1.56. The Bertz CT molecular complexity index is 1730. The monoisotopic (exact) mass is 535 g/mol. The number of hydrogen-bond donors (Lipinski definition) is 0. The maximum atomic E-state index is 13.5. The minimum atomic E-state index is -0.256. The van der Waals surface area contributed by atoms with Crippen molar-refractivity contribution in [1.82, 2.24) is 9.66 Å². The summed E-state index contributed by atoms with van der Waals surface area (Å²) in [5, 5.41) is 5.71. The Hall–Kier alpha value is -4.68. The van der Waals surface area contributed by atoms with E-state index in [0.29, 0.717) is 39.7 Å². The first-order valence-corrected chi connectivity index (χ1v) is 12.8. The number of allylic oxidation sites excluding steroid dienone is 1. The van der Waals surface area contributed by atoms with Crippen molar-refractivity contribution >= 4 is 28.7 Å². The molecule has 0 aliphatic heterocycles. The molecule has 1 aromatic heterocycles. The first-order valence-electron chi connectivity index (χ1n) is 12.4. The summed E-state index contributed by atoms with van der Waals surface area (Å²) in [5.74, 6) is 1.59. The van der Waals surface area contributed by atoms with Gasteiger partial charge in [-0.1, -0.05) is 78.3 Å². The number of ether oxygens (including phenoxy) is 2. The summed E-state index contributed by atoms with van der Waals surface area (Å²) < 4.78 is 13.2. The summed E-state index contributed by atoms with van der Waals surface area (Å²) >= 11 is 6.32. The number of nitrogens with zero attached hydrogens (tertiary/aromatic N) is 3. The summed E-state index contributed by atoms with van der Waals surface area (Å²) in [4.78, 5) is 18.2. The number of aromatic nitrogens is 2. The predicted octanol–water partition coefficient (Wildman–Crippen LogP) is 6.92. The highest BCUT2D eigenvalue weighted by molar-refractivity contribution is 6.31. The topological polar surface area (TPSA) is 65.7 Å². The standard InChI is InChI=1S/C32H26ClN3O3/c1-3-11-24-18-22(19-29(38-2)30(24)39-21-25-14-7-9-16-27(25)33)20-34-36-31(23-12-5-4-6-13-23)35-28-17-10-8-15-26(28)32(36)37/h3-10,12-20H,1,11,21H2,2H3. The van der Waals surface area contributed by atoms with Gasteiger partial charge >= 0.3 is 0 Å². The smallest absolute Gasteiger partial charge is 0.282 e. The molecule has 0 radical (unpaired) electrons. The molecule has 0 fully saturated rings. The Labute approximate surface area is 231 Å². The van der Waals surface area contributed by atoms with E-state index >= 15 is 0 Å². The van der Waals surface area contributed by atoms with E-state index in [1.165, 1.54) is 4.68 Å². The van der Waals surface area contributed by atoms with Crippen LogP contribution in [-0.4, -0.2) is 23.0 Å². The van der Waals surface area contributed by atoms with E-state index in [2.05, 4.69) is 11.7 Å². The number of methoxy groups -OCH3 is 1. The average Bonchev–Trinajstić information content (AvgIpc) is 2.97. The quantitative estimate of drug-likeness (QED) is 0.152. The predicted molar refractivity (Wildman–Crippen MR) is 157 cm³/mol. The lowest BCUT2D eigenvalue weighted by atomic mass is 10.1. The van der Waals surface area contributed by atoms with E-state index in [4.69, 9.17) is 26.1 Å². The molecule has 4 aromatic carbocycles. The van der Waals surface area contributed by atoms with Crippen LogP contribution in [0, 0.1) is 0 Å². The molecule has 39 heavy (non-hydrogen) atoms. The van der Waals surface area contributed by atoms with Gasteiger partial charge in [0.05, 0.1) is 24.2 Å². The van der Waals surface area contributed by atoms with E-state index in [0.717, 1.165) is 22.3 Å². The van der Waals surface area contributed by atoms with E-state index < -0.39 is 0 Å². The number of halogens is 1. The summed E-state index contributed by atoms with van der Waals surface area (Å²) in [5.41, 5.74) is 3.60. The molecule has 1 heterocycles. The van der Waals surface area contributed by atoms with E-state index in [-0.39, 0.29) is 12.2 Å². The molecule has 0 spiro atoms. The van der Waals surface area contributed by atoms with E-state index in [1.807, 2.05) is 84.9 Å². The van der Waals surface area contributed by atoms with Crippen LogP contribution in [-0.2, 0) is 13.0 Å². The minimum Gasteiger partial charge on any atom is -0.493 e. The molecule has 0 aliphatic rings. The van der Waals surface area contributed by atoms with Gasteiger partial charge in [-0.2, -0.15) is 9.78 Å². The molecule has 0 N–H and O–H groups in total. The van der Waals surface area contributed by atoms with Crippen LogP contribution in [0.5, 0.6) is 11.5 Å². The van der Waals surface area contributed by atoms with Crippen LogP contribution in [0.15, 0.2) is 114 Å². The third-order valence-corrected chi connectivity index (χ3v) is 6.54. The zero-order chi connectivity index (χ0) is 27.2. The van der Waals surface area contributed by atoms with Crippen molar-refractivity contribution in [2.75, 3.05) is 7.11 Å². The maximum absolute atomic E-state index is 13.5. The molecule has 5 rings (SSSR count). The van der Waals surface area contributed by atoms with Gasteiger partial charge in [-0.25, -0.2) is 4.98 Å². The van der Waals surface area contributed by atoms with Gasteiger partial charge in [0.15, 0.2) is 17.3 Å². The van der Waals surface area contributed by atoms with Gasteiger partial charge in [-0.05, 0) is 42.3 Å². The summed E-state index contributed by atoms with van der Waals surface area (Å²) in [7, 11) is 1.58.